The molecule has 6 heteroatoms. The van der Waals surface area contributed by atoms with Crippen molar-refractivity contribution >= 4 is 18.3 Å². The van der Waals surface area contributed by atoms with Crippen molar-refractivity contribution in [3.8, 4) is 5.69 Å². The van der Waals surface area contributed by atoms with Crippen molar-refractivity contribution in [3.05, 3.63) is 48.3 Å². The highest BCUT2D eigenvalue weighted by molar-refractivity contribution is 5.93. The predicted octanol–water partition coefficient (Wildman–Crippen LogP) is 2.50. The first-order valence-corrected chi connectivity index (χ1v) is 7.87. The summed E-state index contributed by atoms with van der Waals surface area (Å²) in [6.07, 6.45) is 6.69. The van der Waals surface area contributed by atoms with Crippen LogP contribution in [0.3, 0.4) is 0 Å². The number of hydrogen-bond acceptors (Lipinski definition) is 3. The topological polar surface area (TPSA) is 64.2 Å². The molecule has 1 aromatic carbocycles. The largest absolute Gasteiger partial charge is 0.338 e. The molecule has 0 bridgehead atoms. The predicted molar refractivity (Wildman–Crippen MR) is 93.1 cm³/mol. The van der Waals surface area contributed by atoms with Crippen LogP contribution in [0.25, 0.3) is 5.69 Å². The maximum atomic E-state index is 12.6. The molecule has 2 N–H and O–H groups in total. The second-order valence-corrected chi connectivity index (χ2v) is 5.85. The number of piperidine rings is 1. The van der Waals surface area contributed by atoms with Crippen LogP contribution >= 0.6 is 12.4 Å². The fraction of sp³-hybridized carbons (Fsp3) is 0.412. The summed E-state index contributed by atoms with van der Waals surface area (Å²) in [4.78, 5) is 14.6. The Labute approximate surface area is 142 Å². The summed E-state index contributed by atoms with van der Waals surface area (Å²) in [6.45, 7) is 2.33. The molecule has 0 aliphatic carbocycles. The van der Waals surface area contributed by atoms with Gasteiger partial charge < -0.3 is 10.6 Å². The van der Waals surface area contributed by atoms with Crippen molar-refractivity contribution in [1.82, 2.24) is 14.7 Å². The lowest BCUT2D eigenvalue weighted by Crippen LogP contribution is -2.40. The smallest absolute Gasteiger partial charge is 0.257 e. The van der Waals surface area contributed by atoms with Crippen LogP contribution in [0.2, 0.25) is 0 Å². The van der Waals surface area contributed by atoms with Gasteiger partial charge in [0.25, 0.3) is 5.91 Å². The van der Waals surface area contributed by atoms with Gasteiger partial charge in [0.2, 0.25) is 0 Å². The van der Waals surface area contributed by atoms with Crippen molar-refractivity contribution in [2.75, 3.05) is 19.6 Å². The van der Waals surface area contributed by atoms with E-state index in [0.717, 1.165) is 31.6 Å². The molecule has 0 saturated carbocycles. The number of benzene rings is 1. The molecule has 1 atom stereocenters. The third kappa shape index (κ3) is 4.12. The van der Waals surface area contributed by atoms with E-state index in [0.29, 0.717) is 18.0 Å². The first-order chi connectivity index (χ1) is 10.8. The Bertz CT molecular complexity index is 627. The number of nitrogens with two attached hydrogens (primary N) is 1. The van der Waals surface area contributed by atoms with E-state index in [2.05, 4.69) is 5.10 Å². The van der Waals surface area contributed by atoms with Crippen LogP contribution in [0.1, 0.15) is 29.6 Å². The van der Waals surface area contributed by atoms with Crippen LogP contribution < -0.4 is 5.73 Å². The highest BCUT2D eigenvalue weighted by Gasteiger charge is 2.24. The standard InChI is InChI=1S/C17H22N4O.ClH/c18-9-8-14-5-4-10-20(12-14)17(22)15-11-19-21(13-15)16-6-2-1-3-7-16;/h1-3,6-7,11,13-14H,4-5,8-10,12,18H2;1H. The molecule has 23 heavy (non-hydrogen) atoms. The fourth-order valence-electron chi connectivity index (χ4n) is 3.06. The van der Waals surface area contributed by atoms with Gasteiger partial charge in [-0.2, -0.15) is 5.10 Å². The fourth-order valence-corrected chi connectivity index (χ4v) is 3.06. The van der Waals surface area contributed by atoms with E-state index in [9.17, 15) is 4.79 Å². The van der Waals surface area contributed by atoms with Crippen LogP contribution in [-0.4, -0.2) is 40.2 Å². The second-order valence-electron chi connectivity index (χ2n) is 5.85. The van der Waals surface area contributed by atoms with E-state index in [1.54, 1.807) is 10.9 Å². The van der Waals surface area contributed by atoms with E-state index >= 15 is 0 Å². The lowest BCUT2D eigenvalue weighted by atomic mass is 9.94. The van der Waals surface area contributed by atoms with Crippen LogP contribution in [0.5, 0.6) is 0 Å². The summed E-state index contributed by atoms with van der Waals surface area (Å²) in [6, 6.07) is 9.82. The van der Waals surface area contributed by atoms with E-state index < -0.39 is 0 Å². The summed E-state index contributed by atoms with van der Waals surface area (Å²) in [5, 5.41) is 4.31. The Hall–Kier alpha value is -1.85. The molecule has 0 spiro atoms. The number of likely N-dealkylation sites (tertiary alicyclic amines) is 1. The minimum Gasteiger partial charge on any atom is -0.338 e. The first-order valence-electron chi connectivity index (χ1n) is 7.87. The molecule has 2 aromatic rings. The van der Waals surface area contributed by atoms with E-state index in [4.69, 9.17) is 5.73 Å². The molecule has 124 valence electrons. The van der Waals surface area contributed by atoms with Crippen molar-refractivity contribution in [1.29, 1.82) is 0 Å². The van der Waals surface area contributed by atoms with Crippen molar-refractivity contribution in [2.24, 2.45) is 11.7 Å². The highest BCUT2D eigenvalue weighted by atomic mass is 35.5. The van der Waals surface area contributed by atoms with Crippen molar-refractivity contribution in [2.45, 2.75) is 19.3 Å². The third-order valence-electron chi connectivity index (χ3n) is 4.23. The number of hydrogen-bond donors (Lipinski definition) is 1. The first kappa shape index (κ1) is 17.5. The number of carbonyl (C=O) groups is 1. The van der Waals surface area contributed by atoms with Gasteiger partial charge in [-0.25, -0.2) is 4.68 Å². The molecular weight excluding hydrogens is 312 g/mol. The van der Waals surface area contributed by atoms with E-state index in [1.807, 2.05) is 41.4 Å². The Balaban J connectivity index is 0.00000192. The van der Waals surface area contributed by atoms with E-state index in [1.165, 1.54) is 6.42 Å². The minimum atomic E-state index is 0. The van der Waals surface area contributed by atoms with Gasteiger partial charge in [-0.3, -0.25) is 4.79 Å². The normalized spacial score (nSPS) is 17.6. The molecular formula is C17H23ClN4O. The lowest BCUT2D eigenvalue weighted by Gasteiger charge is -2.32. The zero-order valence-electron chi connectivity index (χ0n) is 13.1. The van der Waals surface area contributed by atoms with Crippen LogP contribution in [-0.2, 0) is 0 Å². The number of amides is 1. The molecule has 1 aliphatic heterocycles. The van der Waals surface area contributed by atoms with Gasteiger partial charge >= 0.3 is 0 Å². The van der Waals surface area contributed by atoms with Crippen LogP contribution in [0.4, 0.5) is 0 Å². The number of nitrogens with zero attached hydrogens (tertiary/aromatic N) is 3. The van der Waals surface area contributed by atoms with Crippen molar-refractivity contribution in [3.63, 3.8) is 0 Å². The summed E-state index contributed by atoms with van der Waals surface area (Å²) in [7, 11) is 0. The van der Waals surface area contributed by atoms with Gasteiger partial charge in [0.1, 0.15) is 0 Å². The quantitative estimate of drug-likeness (QED) is 0.934. The van der Waals surface area contributed by atoms with Gasteiger partial charge in [-0.15, -0.1) is 12.4 Å². The molecule has 1 fully saturated rings. The zero-order chi connectivity index (χ0) is 15.4. The second kappa shape index (κ2) is 8.13. The monoisotopic (exact) mass is 334 g/mol. The number of rotatable bonds is 4. The van der Waals surface area contributed by atoms with Gasteiger partial charge in [0.05, 0.1) is 17.4 Å². The zero-order valence-corrected chi connectivity index (χ0v) is 13.9. The molecule has 2 heterocycles. The van der Waals surface area contributed by atoms with Crippen LogP contribution in [0, 0.1) is 5.92 Å². The summed E-state index contributed by atoms with van der Waals surface area (Å²) in [5.74, 6) is 0.607. The molecule has 1 amide bonds. The number of aromatic nitrogens is 2. The van der Waals surface area contributed by atoms with Crippen LogP contribution in [0.15, 0.2) is 42.7 Å². The summed E-state index contributed by atoms with van der Waals surface area (Å²) in [5.41, 5.74) is 7.25. The molecule has 1 aliphatic rings. The van der Waals surface area contributed by atoms with Gasteiger partial charge in [0, 0.05) is 19.3 Å². The average molecular weight is 335 g/mol. The Morgan fingerprint density at radius 2 is 2.09 bits per heavy atom. The Kier molecular flexibility index (Phi) is 6.19. The van der Waals surface area contributed by atoms with Crippen molar-refractivity contribution < 1.29 is 4.79 Å². The maximum absolute atomic E-state index is 12.6. The van der Waals surface area contributed by atoms with Gasteiger partial charge in [0.15, 0.2) is 0 Å². The SMILES string of the molecule is Cl.NCCC1CCCN(C(=O)c2cnn(-c3ccccc3)c2)C1. The number of para-hydroxylation sites is 1. The lowest BCUT2D eigenvalue weighted by molar-refractivity contribution is 0.0669. The number of carbonyl (C=O) groups excluding carboxylic acids is 1. The van der Waals surface area contributed by atoms with E-state index in [-0.39, 0.29) is 18.3 Å². The van der Waals surface area contributed by atoms with Gasteiger partial charge in [-0.05, 0) is 43.9 Å². The molecule has 1 aromatic heterocycles. The summed E-state index contributed by atoms with van der Waals surface area (Å²) < 4.78 is 1.74. The number of halogens is 1. The molecule has 5 nitrogen and oxygen atoms in total. The molecule has 1 saturated heterocycles. The third-order valence-corrected chi connectivity index (χ3v) is 4.23. The van der Waals surface area contributed by atoms with Gasteiger partial charge in [-0.1, -0.05) is 18.2 Å². The molecule has 1 unspecified atom stereocenters. The Morgan fingerprint density at radius 3 is 2.83 bits per heavy atom. The minimum absolute atomic E-state index is 0. The average Bonchev–Trinajstić information content (AvgIpc) is 3.05. The summed E-state index contributed by atoms with van der Waals surface area (Å²) >= 11 is 0. The molecule has 3 rings (SSSR count). The maximum Gasteiger partial charge on any atom is 0.257 e. The highest BCUT2D eigenvalue weighted by Crippen LogP contribution is 2.21. The Morgan fingerprint density at radius 1 is 1.30 bits per heavy atom. The molecule has 0 radical (unpaired) electrons.